The third kappa shape index (κ3) is 4.06. The van der Waals surface area contributed by atoms with E-state index in [-0.39, 0.29) is 0 Å². The molecular weight excluding hydrogens is 298 g/mol. The maximum absolute atomic E-state index is 3.83. The zero-order valence-electron chi connectivity index (χ0n) is 12.3. The van der Waals surface area contributed by atoms with Crippen molar-refractivity contribution in [2.24, 2.45) is 11.8 Å². The van der Waals surface area contributed by atoms with E-state index >= 15 is 0 Å². The summed E-state index contributed by atoms with van der Waals surface area (Å²) < 4.78 is 1.21. The first-order valence-electron chi connectivity index (χ1n) is 7.58. The molecule has 1 aromatic carbocycles. The van der Waals surface area contributed by atoms with Gasteiger partial charge in [-0.15, -0.1) is 0 Å². The Labute approximate surface area is 126 Å². The number of hydrogen-bond acceptors (Lipinski definition) is 1. The van der Waals surface area contributed by atoms with Crippen molar-refractivity contribution in [2.75, 3.05) is 0 Å². The number of benzene rings is 1. The van der Waals surface area contributed by atoms with Crippen molar-refractivity contribution in [2.45, 2.75) is 58.5 Å². The topological polar surface area (TPSA) is 12.0 Å². The monoisotopic (exact) mass is 323 g/mol. The Bertz CT molecular complexity index is 402. The largest absolute Gasteiger partial charge is 0.307 e. The third-order valence-corrected chi connectivity index (χ3v) is 5.24. The molecule has 0 heterocycles. The van der Waals surface area contributed by atoms with E-state index in [9.17, 15) is 0 Å². The fraction of sp³-hybridized carbons (Fsp3) is 0.647. The molecule has 3 atom stereocenters. The van der Waals surface area contributed by atoms with Gasteiger partial charge in [0.15, 0.2) is 0 Å². The van der Waals surface area contributed by atoms with Gasteiger partial charge in [-0.3, -0.25) is 0 Å². The molecule has 0 amide bonds. The Balaban J connectivity index is 1.95. The maximum atomic E-state index is 3.83. The van der Waals surface area contributed by atoms with Crippen molar-refractivity contribution in [3.05, 3.63) is 34.3 Å². The number of nitrogens with one attached hydrogen (secondary N) is 1. The van der Waals surface area contributed by atoms with Gasteiger partial charge in [0.1, 0.15) is 0 Å². The predicted molar refractivity (Wildman–Crippen MR) is 86.3 cm³/mol. The summed E-state index contributed by atoms with van der Waals surface area (Å²) in [5, 5.41) is 3.83. The second-order valence-electron chi connectivity index (χ2n) is 6.28. The Hall–Kier alpha value is -0.340. The van der Waals surface area contributed by atoms with Gasteiger partial charge in [-0.2, -0.15) is 0 Å². The standard InChI is InChI=1S/C17H26BrN/c1-12(2)14-7-6-8-15(11-14)19-13(3)16-9-4-5-10-17(16)18/h4-5,9-10,12-15,19H,6-8,11H2,1-3H3/t13-,14?,15?/m1/s1. The van der Waals surface area contributed by atoms with E-state index in [2.05, 4.69) is 66.3 Å². The lowest BCUT2D eigenvalue weighted by atomic mass is 9.79. The van der Waals surface area contributed by atoms with Crippen molar-refractivity contribution in [1.82, 2.24) is 5.32 Å². The number of halogens is 1. The SMILES string of the molecule is CC(C)C1CCCC(N[C@H](C)c2ccccc2Br)C1. The molecule has 1 aromatic rings. The van der Waals surface area contributed by atoms with Crippen molar-refractivity contribution in [3.8, 4) is 0 Å². The minimum Gasteiger partial charge on any atom is -0.307 e. The summed E-state index contributed by atoms with van der Waals surface area (Å²) in [6.45, 7) is 7.01. The molecule has 0 radical (unpaired) electrons. The molecule has 0 spiro atoms. The van der Waals surface area contributed by atoms with Gasteiger partial charge in [-0.25, -0.2) is 0 Å². The van der Waals surface area contributed by atoms with Crippen LogP contribution in [-0.4, -0.2) is 6.04 Å². The summed E-state index contributed by atoms with van der Waals surface area (Å²) in [5.41, 5.74) is 1.37. The molecule has 0 saturated heterocycles. The molecule has 19 heavy (non-hydrogen) atoms. The van der Waals surface area contributed by atoms with Crippen LogP contribution in [-0.2, 0) is 0 Å². The lowest BCUT2D eigenvalue weighted by molar-refractivity contribution is 0.222. The number of rotatable bonds is 4. The van der Waals surface area contributed by atoms with E-state index in [4.69, 9.17) is 0 Å². The van der Waals surface area contributed by atoms with Crippen molar-refractivity contribution < 1.29 is 0 Å². The molecule has 1 nitrogen and oxygen atoms in total. The van der Waals surface area contributed by atoms with E-state index < -0.39 is 0 Å². The predicted octanol–water partition coefficient (Wildman–Crippen LogP) is 5.31. The molecule has 1 aliphatic rings. The van der Waals surface area contributed by atoms with Gasteiger partial charge in [-0.1, -0.05) is 60.8 Å². The third-order valence-electron chi connectivity index (χ3n) is 4.52. The Morgan fingerprint density at radius 3 is 2.58 bits per heavy atom. The molecule has 2 heteroatoms. The first-order valence-corrected chi connectivity index (χ1v) is 8.37. The summed E-state index contributed by atoms with van der Waals surface area (Å²) in [6, 6.07) is 9.65. The van der Waals surface area contributed by atoms with E-state index in [1.807, 2.05) is 0 Å². The van der Waals surface area contributed by atoms with Crippen LogP contribution in [0.1, 0.15) is 58.1 Å². The minimum atomic E-state index is 0.423. The first-order chi connectivity index (χ1) is 9.08. The molecule has 1 N–H and O–H groups in total. The molecule has 0 aliphatic heterocycles. The number of hydrogen-bond donors (Lipinski definition) is 1. The van der Waals surface area contributed by atoms with Gasteiger partial charge < -0.3 is 5.32 Å². The van der Waals surface area contributed by atoms with Crippen LogP contribution < -0.4 is 5.32 Å². The van der Waals surface area contributed by atoms with Gasteiger partial charge in [0.05, 0.1) is 0 Å². The van der Waals surface area contributed by atoms with Gasteiger partial charge in [0.25, 0.3) is 0 Å². The highest BCUT2D eigenvalue weighted by atomic mass is 79.9. The fourth-order valence-corrected chi connectivity index (χ4v) is 3.88. The molecular formula is C17H26BrN. The van der Waals surface area contributed by atoms with E-state index in [1.54, 1.807) is 0 Å². The molecule has 1 saturated carbocycles. The quantitative estimate of drug-likeness (QED) is 0.791. The Morgan fingerprint density at radius 1 is 1.16 bits per heavy atom. The minimum absolute atomic E-state index is 0.423. The normalized spacial score (nSPS) is 25.5. The molecule has 2 rings (SSSR count). The van der Waals surface area contributed by atoms with Crippen LogP contribution in [0.25, 0.3) is 0 Å². The van der Waals surface area contributed by atoms with Crippen molar-refractivity contribution in [3.63, 3.8) is 0 Å². The van der Waals surface area contributed by atoms with Crippen LogP contribution >= 0.6 is 15.9 Å². The van der Waals surface area contributed by atoms with E-state index in [1.165, 1.54) is 35.7 Å². The average molecular weight is 324 g/mol. The molecule has 106 valence electrons. The second kappa shape index (κ2) is 6.90. The molecule has 0 bridgehead atoms. The molecule has 2 unspecified atom stereocenters. The van der Waals surface area contributed by atoms with E-state index in [0.717, 1.165) is 11.8 Å². The van der Waals surface area contributed by atoms with Crippen LogP contribution in [0.4, 0.5) is 0 Å². The highest BCUT2D eigenvalue weighted by Gasteiger charge is 2.25. The molecule has 0 aromatic heterocycles. The van der Waals surface area contributed by atoms with Crippen LogP contribution in [0.5, 0.6) is 0 Å². The smallest absolute Gasteiger partial charge is 0.0305 e. The fourth-order valence-electron chi connectivity index (χ4n) is 3.25. The highest BCUT2D eigenvalue weighted by Crippen LogP contribution is 2.32. The van der Waals surface area contributed by atoms with Gasteiger partial charge in [0.2, 0.25) is 0 Å². The summed E-state index contributed by atoms with van der Waals surface area (Å²) in [6.07, 6.45) is 5.47. The van der Waals surface area contributed by atoms with Crippen LogP contribution in [0.15, 0.2) is 28.7 Å². The first kappa shape index (κ1) is 15.1. The van der Waals surface area contributed by atoms with Gasteiger partial charge in [0, 0.05) is 16.6 Å². The van der Waals surface area contributed by atoms with Crippen molar-refractivity contribution in [1.29, 1.82) is 0 Å². The summed E-state index contributed by atoms with van der Waals surface area (Å²) in [4.78, 5) is 0. The lowest BCUT2D eigenvalue weighted by Crippen LogP contribution is -2.37. The summed E-state index contributed by atoms with van der Waals surface area (Å²) in [7, 11) is 0. The van der Waals surface area contributed by atoms with Crippen LogP contribution in [0.2, 0.25) is 0 Å². The molecule has 1 aliphatic carbocycles. The Morgan fingerprint density at radius 2 is 1.89 bits per heavy atom. The average Bonchev–Trinajstić information content (AvgIpc) is 2.39. The van der Waals surface area contributed by atoms with Crippen molar-refractivity contribution >= 4 is 15.9 Å². The molecule has 1 fully saturated rings. The zero-order chi connectivity index (χ0) is 13.8. The summed E-state index contributed by atoms with van der Waals surface area (Å²) >= 11 is 3.66. The lowest BCUT2D eigenvalue weighted by Gasteiger charge is -2.34. The van der Waals surface area contributed by atoms with Gasteiger partial charge >= 0.3 is 0 Å². The van der Waals surface area contributed by atoms with Crippen LogP contribution in [0, 0.1) is 11.8 Å². The maximum Gasteiger partial charge on any atom is 0.0305 e. The summed E-state index contributed by atoms with van der Waals surface area (Å²) in [5.74, 6) is 1.72. The second-order valence-corrected chi connectivity index (χ2v) is 7.13. The van der Waals surface area contributed by atoms with Gasteiger partial charge in [-0.05, 0) is 43.2 Å². The van der Waals surface area contributed by atoms with E-state index in [0.29, 0.717) is 12.1 Å². The Kier molecular flexibility index (Phi) is 5.47. The zero-order valence-corrected chi connectivity index (χ0v) is 13.9. The van der Waals surface area contributed by atoms with Crippen LogP contribution in [0.3, 0.4) is 0 Å². The highest BCUT2D eigenvalue weighted by molar-refractivity contribution is 9.10.